The summed E-state index contributed by atoms with van der Waals surface area (Å²) in [6.45, 7) is -0.917. The normalized spacial score (nSPS) is 17.4. The molecule has 0 radical (unpaired) electrons. The quantitative estimate of drug-likeness (QED) is 0.775. The Morgan fingerprint density at radius 3 is 2.52 bits per heavy atom. The van der Waals surface area contributed by atoms with E-state index in [1.54, 1.807) is 24.3 Å². The summed E-state index contributed by atoms with van der Waals surface area (Å²) >= 11 is 0. The molecule has 0 saturated heterocycles. The summed E-state index contributed by atoms with van der Waals surface area (Å²) in [5.41, 5.74) is 1.57. The second kappa shape index (κ2) is 8.15. The minimum Gasteiger partial charge on any atom is -0.367 e. The van der Waals surface area contributed by atoms with Crippen LogP contribution in [0.3, 0.4) is 0 Å². The molecule has 23 heavy (non-hydrogen) atoms. The number of hydrogen-bond acceptors (Lipinski definition) is 2. The Labute approximate surface area is 133 Å². The summed E-state index contributed by atoms with van der Waals surface area (Å²) in [5.74, 6) is 0.349. The summed E-state index contributed by atoms with van der Waals surface area (Å²) in [4.78, 5) is 11.8. The molecule has 3 nitrogen and oxygen atoms in total. The molecular formula is C17H20F3NO2. The van der Waals surface area contributed by atoms with Crippen molar-refractivity contribution >= 4 is 5.91 Å². The SMILES string of the molecule is O=C(CC1C=CCC1)NCc1ccc(COCC(F)(F)F)cc1. The van der Waals surface area contributed by atoms with Crippen molar-refractivity contribution in [2.75, 3.05) is 6.61 Å². The van der Waals surface area contributed by atoms with Gasteiger partial charge in [-0.25, -0.2) is 0 Å². The van der Waals surface area contributed by atoms with Crippen molar-refractivity contribution in [3.8, 4) is 0 Å². The zero-order valence-electron chi connectivity index (χ0n) is 12.7. The number of carbonyl (C=O) groups is 1. The van der Waals surface area contributed by atoms with Gasteiger partial charge in [-0.15, -0.1) is 0 Å². The minimum atomic E-state index is -4.31. The molecular weight excluding hydrogens is 307 g/mol. The van der Waals surface area contributed by atoms with Crippen LogP contribution in [0.5, 0.6) is 0 Å². The fourth-order valence-corrected chi connectivity index (χ4v) is 2.41. The molecule has 2 rings (SSSR count). The van der Waals surface area contributed by atoms with Crippen LogP contribution in [0.25, 0.3) is 0 Å². The molecule has 0 aliphatic heterocycles. The smallest absolute Gasteiger partial charge is 0.367 e. The maximum Gasteiger partial charge on any atom is 0.411 e. The molecule has 0 aromatic heterocycles. The highest BCUT2D eigenvalue weighted by Gasteiger charge is 2.27. The van der Waals surface area contributed by atoms with Crippen LogP contribution in [0.2, 0.25) is 0 Å². The fraction of sp³-hybridized carbons (Fsp3) is 0.471. The molecule has 6 heteroatoms. The third kappa shape index (κ3) is 6.86. The van der Waals surface area contributed by atoms with E-state index >= 15 is 0 Å². The van der Waals surface area contributed by atoms with Gasteiger partial charge in [0.1, 0.15) is 6.61 Å². The summed E-state index contributed by atoms with van der Waals surface area (Å²) < 4.78 is 40.5. The van der Waals surface area contributed by atoms with Gasteiger partial charge in [0, 0.05) is 13.0 Å². The van der Waals surface area contributed by atoms with Gasteiger partial charge in [0.05, 0.1) is 6.61 Å². The van der Waals surface area contributed by atoms with Gasteiger partial charge in [0.2, 0.25) is 5.91 Å². The van der Waals surface area contributed by atoms with Gasteiger partial charge < -0.3 is 10.1 Å². The van der Waals surface area contributed by atoms with Gasteiger partial charge in [0.15, 0.2) is 0 Å². The number of allylic oxidation sites excluding steroid dienone is 2. The molecule has 1 amide bonds. The van der Waals surface area contributed by atoms with Crippen LogP contribution < -0.4 is 5.32 Å². The Kier molecular flexibility index (Phi) is 6.21. The largest absolute Gasteiger partial charge is 0.411 e. The number of alkyl halides is 3. The average Bonchev–Trinajstić information content (AvgIpc) is 2.98. The molecule has 1 N–H and O–H groups in total. The van der Waals surface area contributed by atoms with Crippen molar-refractivity contribution in [2.45, 2.75) is 38.6 Å². The zero-order chi connectivity index (χ0) is 16.7. The summed E-state index contributed by atoms with van der Waals surface area (Å²) in [5, 5.41) is 2.86. The van der Waals surface area contributed by atoms with Crippen LogP contribution >= 0.6 is 0 Å². The Morgan fingerprint density at radius 2 is 1.91 bits per heavy atom. The molecule has 0 bridgehead atoms. The van der Waals surface area contributed by atoms with Crippen LogP contribution in [-0.2, 0) is 22.7 Å². The first-order chi connectivity index (χ1) is 10.9. The number of amides is 1. The van der Waals surface area contributed by atoms with E-state index in [0.29, 0.717) is 24.4 Å². The van der Waals surface area contributed by atoms with Gasteiger partial charge in [-0.05, 0) is 29.9 Å². The number of halogens is 3. The van der Waals surface area contributed by atoms with Gasteiger partial charge in [-0.2, -0.15) is 13.2 Å². The third-order valence-electron chi connectivity index (χ3n) is 3.61. The maximum atomic E-state index is 12.0. The number of rotatable bonds is 7. The van der Waals surface area contributed by atoms with Crippen molar-refractivity contribution < 1.29 is 22.7 Å². The highest BCUT2D eigenvalue weighted by molar-refractivity contribution is 5.76. The van der Waals surface area contributed by atoms with E-state index in [9.17, 15) is 18.0 Å². The number of hydrogen-bond donors (Lipinski definition) is 1. The Hall–Kier alpha value is -1.82. The maximum absolute atomic E-state index is 12.0. The number of benzene rings is 1. The Balaban J connectivity index is 1.69. The lowest BCUT2D eigenvalue weighted by atomic mass is 10.0. The highest BCUT2D eigenvalue weighted by Crippen LogP contribution is 2.20. The van der Waals surface area contributed by atoms with Crippen LogP contribution in [0.1, 0.15) is 30.4 Å². The molecule has 0 saturated carbocycles. The molecule has 1 aliphatic carbocycles. The minimum absolute atomic E-state index is 0.0131. The lowest BCUT2D eigenvalue weighted by Crippen LogP contribution is -2.24. The molecule has 1 unspecified atom stereocenters. The van der Waals surface area contributed by atoms with E-state index < -0.39 is 12.8 Å². The van der Waals surface area contributed by atoms with Crippen LogP contribution in [0, 0.1) is 5.92 Å². The molecule has 1 aromatic rings. The number of nitrogens with one attached hydrogen (secondary N) is 1. The second-order valence-electron chi connectivity index (χ2n) is 5.67. The molecule has 1 atom stereocenters. The highest BCUT2D eigenvalue weighted by atomic mass is 19.4. The first-order valence-corrected chi connectivity index (χ1v) is 7.58. The summed E-state index contributed by atoms with van der Waals surface area (Å²) in [6.07, 6.45) is 2.43. The molecule has 0 fully saturated rings. The predicted molar refractivity (Wildman–Crippen MR) is 80.5 cm³/mol. The van der Waals surface area contributed by atoms with E-state index in [0.717, 1.165) is 18.4 Å². The van der Waals surface area contributed by atoms with E-state index in [1.807, 2.05) is 0 Å². The lowest BCUT2D eigenvalue weighted by molar-refractivity contribution is -0.176. The number of carbonyl (C=O) groups excluding carboxylic acids is 1. The van der Waals surface area contributed by atoms with E-state index in [-0.39, 0.29) is 12.5 Å². The van der Waals surface area contributed by atoms with Crippen molar-refractivity contribution in [3.63, 3.8) is 0 Å². The van der Waals surface area contributed by atoms with Crippen molar-refractivity contribution in [2.24, 2.45) is 5.92 Å². The van der Waals surface area contributed by atoms with Gasteiger partial charge >= 0.3 is 6.18 Å². The third-order valence-corrected chi connectivity index (χ3v) is 3.61. The molecule has 126 valence electrons. The summed E-state index contributed by atoms with van der Waals surface area (Å²) in [7, 11) is 0. The second-order valence-corrected chi connectivity index (χ2v) is 5.67. The van der Waals surface area contributed by atoms with E-state index in [4.69, 9.17) is 0 Å². The van der Waals surface area contributed by atoms with Gasteiger partial charge in [0.25, 0.3) is 0 Å². The lowest BCUT2D eigenvalue weighted by Gasteiger charge is -2.10. The summed E-state index contributed by atoms with van der Waals surface area (Å²) in [6, 6.07) is 6.97. The average molecular weight is 327 g/mol. The van der Waals surface area contributed by atoms with Crippen LogP contribution in [-0.4, -0.2) is 18.7 Å². The number of ether oxygens (including phenoxy) is 1. The van der Waals surface area contributed by atoms with Gasteiger partial charge in [-0.1, -0.05) is 36.4 Å². The van der Waals surface area contributed by atoms with E-state index in [1.165, 1.54) is 0 Å². The molecule has 1 aromatic carbocycles. The van der Waals surface area contributed by atoms with Gasteiger partial charge in [-0.3, -0.25) is 4.79 Å². The molecule has 0 spiro atoms. The molecule has 1 aliphatic rings. The standard InChI is InChI=1S/C17H20F3NO2/c18-17(19,20)12-23-11-15-7-5-14(6-8-15)10-21-16(22)9-13-3-1-2-4-13/h1,3,5-8,13H,2,4,9-12H2,(H,21,22). The van der Waals surface area contributed by atoms with Crippen molar-refractivity contribution in [1.29, 1.82) is 0 Å². The fourth-order valence-electron chi connectivity index (χ4n) is 2.41. The predicted octanol–water partition coefficient (Wildman–Crippen LogP) is 3.74. The first-order valence-electron chi connectivity index (χ1n) is 7.58. The van der Waals surface area contributed by atoms with Crippen LogP contribution in [0.15, 0.2) is 36.4 Å². The van der Waals surface area contributed by atoms with Crippen molar-refractivity contribution in [3.05, 3.63) is 47.5 Å². The topological polar surface area (TPSA) is 38.3 Å². The molecule has 0 heterocycles. The van der Waals surface area contributed by atoms with Crippen LogP contribution in [0.4, 0.5) is 13.2 Å². The van der Waals surface area contributed by atoms with Crippen molar-refractivity contribution in [1.82, 2.24) is 5.32 Å². The Bertz CT molecular complexity index is 538. The monoisotopic (exact) mass is 327 g/mol. The zero-order valence-corrected chi connectivity index (χ0v) is 12.7. The van der Waals surface area contributed by atoms with E-state index in [2.05, 4.69) is 22.2 Å². The Morgan fingerprint density at radius 1 is 1.22 bits per heavy atom. The first kappa shape index (κ1) is 17.5.